The fourth-order valence-corrected chi connectivity index (χ4v) is 0.370. The van der Waals surface area contributed by atoms with E-state index in [0.717, 1.165) is 0 Å². The van der Waals surface area contributed by atoms with E-state index in [1.54, 1.807) is 0 Å². The molecule has 8 heavy (non-hydrogen) atoms. The molecule has 4 N–H and O–H groups in total. The van der Waals surface area contributed by atoms with Gasteiger partial charge in [0.2, 0.25) is 5.91 Å². The number of hydrogen-bond acceptors (Lipinski definition) is 2. The van der Waals surface area contributed by atoms with E-state index in [4.69, 9.17) is 11.5 Å². The molecule has 0 bridgehead atoms. The number of nitrogens with two attached hydrogens (primary N) is 2. The predicted octanol–water partition coefficient (Wildman–Crippen LogP) is -0.401. The highest BCUT2D eigenvalue weighted by atomic mass is 16.1. The standard InChI is InChI=1S/C5H12N2O/c1-4(6)2-3-5(7)8/h4H,2-3,6H2,1H3,(H2,7,8). The summed E-state index contributed by atoms with van der Waals surface area (Å²) in [6.07, 6.45) is 1.09. The molecule has 0 aromatic rings. The molecular weight excluding hydrogens is 104 g/mol. The topological polar surface area (TPSA) is 69.1 Å². The molecule has 0 aromatic heterocycles. The first kappa shape index (κ1) is 7.43. The SMILES string of the molecule is CC(N)CCC(N)=O. The van der Waals surface area contributed by atoms with Gasteiger partial charge in [0.25, 0.3) is 0 Å². The molecule has 0 saturated carbocycles. The van der Waals surface area contributed by atoms with E-state index >= 15 is 0 Å². The molecule has 0 radical (unpaired) electrons. The third-order valence-electron chi connectivity index (χ3n) is 0.846. The Morgan fingerprint density at radius 3 is 2.38 bits per heavy atom. The van der Waals surface area contributed by atoms with Gasteiger partial charge in [0, 0.05) is 12.5 Å². The van der Waals surface area contributed by atoms with E-state index in [0.29, 0.717) is 12.8 Å². The smallest absolute Gasteiger partial charge is 0.217 e. The number of amides is 1. The van der Waals surface area contributed by atoms with Crippen molar-refractivity contribution in [2.75, 3.05) is 0 Å². The number of carbonyl (C=O) groups is 1. The van der Waals surface area contributed by atoms with E-state index < -0.39 is 0 Å². The van der Waals surface area contributed by atoms with E-state index in [1.807, 2.05) is 6.92 Å². The zero-order valence-corrected chi connectivity index (χ0v) is 5.05. The lowest BCUT2D eigenvalue weighted by molar-refractivity contribution is -0.118. The molecule has 0 aliphatic rings. The second-order valence-electron chi connectivity index (χ2n) is 1.98. The van der Waals surface area contributed by atoms with Crippen molar-refractivity contribution in [3.8, 4) is 0 Å². The van der Waals surface area contributed by atoms with Crippen molar-refractivity contribution in [3.05, 3.63) is 0 Å². The average Bonchev–Trinajstić information content (AvgIpc) is 1.61. The van der Waals surface area contributed by atoms with Crippen molar-refractivity contribution in [1.29, 1.82) is 0 Å². The van der Waals surface area contributed by atoms with Gasteiger partial charge in [0.15, 0.2) is 0 Å². The van der Waals surface area contributed by atoms with Crippen molar-refractivity contribution >= 4 is 5.91 Å². The molecule has 0 saturated heterocycles. The Labute approximate surface area is 49.0 Å². The molecule has 3 heteroatoms. The average molecular weight is 116 g/mol. The highest BCUT2D eigenvalue weighted by Crippen LogP contribution is 1.89. The third kappa shape index (κ3) is 5.43. The van der Waals surface area contributed by atoms with Gasteiger partial charge < -0.3 is 11.5 Å². The zero-order chi connectivity index (χ0) is 6.57. The van der Waals surface area contributed by atoms with Gasteiger partial charge in [-0.3, -0.25) is 4.79 Å². The van der Waals surface area contributed by atoms with Crippen LogP contribution in [0.2, 0.25) is 0 Å². The summed E-state index contributed by atoms with van der Waals surface area (Å²) in [6.45, 7) is 1.85. The van der Waals surface area contributed by atoms with Crippen LogP contribution in [0.25, 0.3) is 0 Å². The van der Waals surface area contributed by atoms with Crippen LogP contribution in [-0.4, -0.2) is 11.9 Å². The Morgan fingerprint density at radius 2 is 2.25 bits per heavy atom. The highest BCUT2D eigenvalue weighted by Gasteiger charge is 1.96. The predicted molar refractivity (Wildman–Crippen MR) is 32.1 cm³/mol. The number of primary amides is 1. The van der Waals surface area contributed by atoms with E-state index in [2.05, 4.69) is 0 Å². The van der Waals surface area contributed by atoms with Gasteiger partial charge in [-0.25, -0.2) is 0 Å². The minimum Gasteiger partial charge on any atom is -0.370 e. The quantitative estimate of drug-likeness (QED) is 0.526. The monoisotopic (exact) mass is 116 g/mol. The van der Waals surface area contributed by atoms with Gasteiger partial charge >= 0.3 is 0 Å². The molecule has 1 unspecified atom stereocenters. The van der Waals surface area contributed by atoms with Crippen LogP contribution in [0, 0.1) is 0 Å². The lowest BCUT2D eigenvalue weighted by Gasteiger charge is -1.99. The van der Waals surface area contributed by atoms with Gasteiger partial charge in [-0.1, -0.05) is 0 Å². The first-order valence-electron chi connectivity index (χ1n) is 2.67. The van der Waals surface area contributed by atoms with Crippen molar-refractivity contribution < 1.29 is 4.79 Å². The molecular formula is C5H12N2O. The van der Waals surface area contributed by atoms with Crippen LogP contribution in [0.4, 0.5) is 0 Å². The molecule has 0 fully saturated rings. The van der Waals surface area contributed by atoms with Crippen LogP contribution in [0.3, 0.4) is 0 Å². The molecule has 0 aromatic carbocycles. The maximum atomic E-state index is 10.1. The molecule has 0 heterocycles. The van der Waals surface area contributed by atoms with Gasteiger partial charge in [0.05, 0.1) is 0 Å². The normalized spacial score (nSPS) is 13.2. The van der Waals surface area contributed by atoms with Crippen LogP contribution in [0.1, 0.15) is 19.8 Å². The molecule has 0 aliphatic heterocycles. The van der Waals surface area contributed by atoms with Crippen LogP contribution < -0.4 is 11.5 Å². The summed E-state index contributed by atoms with van der Waals surface area (Å²) in [5, 5.41) is 0. The van der Waals surface area contributed by atoms with Crippen LogP contribution >= 0.6 is 0 Å². The first-order valence-corrected chi connectivity index (χ1v) is 2.67. The van der Waals surface area contributed by atoms with Crippen LogP contribution in [-0.2, 0) is 4.79 Å². The lowest BCUT2D eigenvalue weighted by atomic mass is 10.2. The first-order chi connectivity index (χ1) is 3.63. The summed E-state index contributed by atoms with van der Waals surface area (Å²) in [7, 11) is 0. The fourth-order valence-electron chi connectivity index (χ4n) is 0.370. The lowest BCUT2D eigenvalue weighted by Crippen LogP contribution is -2.19. The number of hydrogen-bond donors (Lipinski definition) is 2. The van der Waals surface area contributed by atoms with Crippen LogP contribution in [0.15, 0.2) is 0 Å². The molecule has 0 spiro atoms. The second-order valence-corrected chi connectivity index (χ2v) is 1.98. The molecule has 0 aliphatic carbocycles. The summed E-state index contributed by atoms with van der Waals surface area (Å²) < 4.78 is 0. The summed E-state index contributed by atoms with van der Waals surface area (Å²) >= 11 is 0. The summed E-state index contributed by atoms with van der Waals surface area (Å²) in [5.41, 5.74) is 10.2. The minimum atomic E-state index is -0.276. The molecule has 48 valence electrons. The molecule has 1 atom stereocenters. The van der Waals surface area contributed by atoms with Crippen molar-refractivity contribution in [1.82, 2.24) is 0 Å². The van der Waals surface area contributed by atoms with Gasteiger partial charge in [-0.2, -0.15) is 0 Å². The Kier molecular flexibility index (Phi) is 3.19. The molecule has 1 amide bonds. The Hall–Kier alpha value is -0.570. The van der Waals surface area contributed by atoms with Crippen molar-refractivity contribution in [2.45, 2.75) is 25.8 Å². The Bertz CT molecular complexity index is 80.5. The molecule has 0 rings (SSSR count). The van der Waals surface area contributed by atoms with Gasteiger partial charge in [-0.05, 0) is 13.3 Å². The van der Waals surface area contributed by atoms with E-state index in [-0.39, 0.29) is 11.9 Å². The van der Waals surface area contributed by atoms with Crippen molar-refractivity contribution in [3.63, 3.8) is 0 Å². The highest BCUT2D eigenvalue weighted by molar-refractivity contribution is 5.73. The maximum Gasteiger partial charge on any atom is 0.217 e. The van der Waals surface area contributed by atoms with Crippen LogP contribution in [0.5, 0.6) is 0 Å². The fraction of sp³-hybridized carbons (Fsp3) is 0.800. The van der Waals surface area contributed by atoms with Gasteiger partial charge in [-0.15, -0.1) is 0 Å². The zero-order valence-electron chi connectivity index (χ0n) is 5.05. The number of carbonyl (C=O) groups excluding carboxylic acids is 1. The van der Waals surface area contributed by atoms with E-state index in [1.165, 1.54) is 0 Å². The Balaban J connectivity index is 3.05. The third-order valence-corrected chi connectivity index (χ3v) is 0.846. The van der Waals surface area contributed by atoms with Crippen molar-refractivity contribution in [2.24, 2.45) is 11.5 Å². The molecule has 3 nitrogen and oxygen atoms in total. The Morgan fingerprint density at radius 1 is 1.75 bits per heavy atom. The van der Waals surface area contributed by atoms with Gasteiger partial charge in [0.1, 0.15) is 0 Å². The summed E-state index contributed by atoms with van der Waals surface area (Å²) in [4.78, 5) is 10.1. The largest absolute Gasteiger partial charge is 0.370 e. The van der Waals surface area contributed by atoms with E-state index in [9.17, 15) is 4.79 Å². The summed E-state index contributed by atoms with van der Waals surface area (Å²) in [5.74, 6) is -0.276. The minimum absolute atomic E-state index is 0.0856. The second kappa shape index (κ2) is 3.43. The number of rotatable bonds is 3. The maximum absolute atomic E-state index is 10.1. The summed E-state index contributed by atoms with van der Waals surface area (Å²) in [6, 6.07) is 0.0856.